The molecule has 0 saturated carbocycles. The number of methoxy groups -OCH3 is 1. The second kappa shape index (κ2) is 5.24. The van der Waals surface area contributed by atoms with Crippen LogP contribution in [0.4, 0.5) is 10.1 Å². The Bertz CT molecular complexity index is 462. The second-order valence-corrected chi connectivity index (χ2v) is 4.78. The number of anilines is 1. The van der Waals surface area contributed by atoms with Crippen molar-refractivity contribution in [2.45, 2.75) is 4.90 Å². The molecule has 0 amide bonds. The predicted octanol–water partition coefficient (Wildman–Crippen LogP) is 0.333. The zero-order valence-corrected chi connectivity index (χ0v) is 9.55. The minimum atomic E-state index is -3.78. The van der Waals surface area contributed by atoms with E-state index >= 15 is 0 Å². The average Bonchev–Trinajstić information content (AvgIpc) is 2.22. The second-order valence-electron chi connectivity index (χ2n) is 3.04. The molecule has 1 aromatic rings. The number of hydrogen-bond donors (Lipinski definition) is 2. The Morgan fingerprint density at radius 1 is 1.50 bits per heavy atom. The summed E-state index contributed by atoms with van der Waals surface area (Å²) in [7, 11) is -2.33. The largest absolute Gasteiger partial charge is 0.395 e. The van der Waals surface area contributed by atoms with Gasteiger partial charge in [-0.05, 0) is 12.1 Å². The SMILES string of the molecule is COCCNS(=O)(=O)c1cccc(F)c1N. The van der Waals surface area contributed by atoms with Crippen LogP contribution >= 0.6 is 0 Å². The molecular weight excluding hydrogens is 235 g/mol. The summed E-state index contributed by atoms with van der Waals surface area (Å²) in [5.41, 5.74) is 4.97. The number of sulfonamides is 1. The molecule has 0 unspecified atom stereocenters. The lowest BCUT2D eigenvalue weighted by molar-refractivity contribution is 0.204. The monoisotopic (exact) mass is 248 g/mol. The molecule has 0 aliphatic heterocycles. The summed E-state index contributed by atoms with van der Waals surface area (Å²) in [6.45, 7) is 0.337. The fourth-order valence-corrected chi connectivity index (χ4v) is 2.26. The van der Waals surface area contributed by atoms with Crippen LogP contribution in [-0.4, -0.2) is 28.7 Å². The topological polar surface area (TPSA) is 81.4 Å². The minimum absolute atomic E-state index is 0.106. The van der Waals surface area contributed by atoms with Crippen LogP contribution in [0.15, 0.2) is 23.1 Å². The molecule has 0 radical (unpaired) electrons. The molecule has 90 valence electrons. The van der Waals surface area contributed by atoms with Gasteiger partial charge in [0.2, 0.25) is 10.0 Å². The third-order valence-electron chi connectivity index (χ3n) is 1.90. The zero-order chi connectivity index (χ0) is 12.2. The number of para-hydroxylation sites is 1. The van der Waals surface area contributed by atoms with Crippen molar-refractivity contribution in [1.82, 2.24) is 4.72 Å². The van der Waals surface area contributed by atoms with Crippen molar-refractivity contribution in [1.29, 1.82) is 0 Å². The Kier molecular flexibility index (Phi) is 4.22. The molecule has 0 atom stereocenters. The van der Waals surface area contributed by atoms with Crippen molar-refractivity contribution in [3.05, 3.63) is 24.0 Å². The molecule has 7 heteroatoms. The van der Waals surface area contributed by atoms with E-state index in [1.165, 1.54) is 19.2 Å². The molecule has 5 nitrogen and oxygen atoms in total. The van der Waals surface area contributed by atoms with Crippen LogP contribution in [0.1, 0.15) is 0 Å². The number of hydrogen-bond acceptors (Lipinski definition) is 4. The smallest absolute Gasteiger partial charge is 0.242 e. The van der Waals surface area contributed by atoms with Gasteiger partial charge >= 0.3 is 0 Å². The molecule has 16 heavy (non-hydrogen) atoms. The van der Waals surface area contributed by atoms with Crippen molar-refractivity contribution in [3.63, 3.8) is 0 Å². The Hall–Kier alpha value is -1.18. The van der Waals surface area contributed by atoms with E-state index in [0.717, 1.165) is 6.07 Å². The van der Waals surface area contributed by atoms with Gasteiger partial charge in [0.05, 0.1) is 12.3 Å². The average molecular weight is 248 g/mol. The first kappa shape index (κ1) is 12.9. The Morgan fingerprint density at radius 3 is 2.81 bits per heavy atom. The first-order valence-electron chi connectivity index (χ1n) is 4.51. The molecule has 0 aliphatic rings. The van der Waals surface area contributed by atoms with Crippen molar-refractivity contribution in [2.24, 2.45) is 0 Å². The summed E-state index contributed by atoms with van der Waals surface area (Å²) < 4.78 is 43.3. The van der Waals surface area contributed by atoms with E-state index in [1.807, 2.05) is 0 Å². The van der Waals surface area contributed by atoms with Crippen LogP contribution in [0.5, 0.6) is 0 Å². The van der Waals surface area contributed by atoms with Crippen LogP contribution in [0.2, 0.25) is 0 Å². The van der Waals surface area contributed by atoms with E-state index in [9.17, 15) is 12.8 Å². The minimum Gasteiger partial charge on any atom is -0.395 e. The van der Waals surface area contributed by atoms with Crippen LogP contribution < -0.4 is 10.5 Å². The summed E-state index contributed by atoms with van der Waals surface area (Å²) in [5, 5.41) is 0. The Morgan fingerprint density at radius 2 is 2.19 bits per heavy atom. The third kappa shape index (κ3) is 2.91. The quantitative estimate of drug-likeness (QED) is 0.581. The zero-order valence-electron chi connectivity index (χ0n) is 8.73. The van der Waals surface area contributed by atoms with Gasteiger partial charge in [-0.15, -0.1) is 0 Å². The first-order chi connectivity index (χ1) is 7.49. The van der Waals surface area contributed by atoms with E-state index in [1.54, 1.807) is 0 Å². The van der Waals surface area contributed by atoms with Gasteiger partial charge in [0.25, 0.3) is 0 Å². The summed E-state index contributed by atoms with van der Waals surface area (Å²) in [5.74, 6) is -0.755. The van der Waals surface area contributed by atoms with E-state index in [2.05, 4.69) is 4.72 Å². The fourth-order valence-electron chi connectivity index (χ4n) is 1.11. The highest BCUT2D eigenvalue weighted by molar-refractivity contribution is 7.89. The predicted molar refractivity (Wildman–Crippen MR) is 57.9 cm³/mol. The van der Waals surface area contributed by atoms with Crippen LogP contribution in [0.3, 0.4) is 0 Å². The van der Waals surface area contributed by atoms with Crippen molar-refractivity contribution in [3.8, 4) is 0 Å². The van der Waals surface area contributed by atoms with Crippen molar-refractivity contribution < 1.29 is 17.5 Å². The van der Waals surface area contributed by atoms with Gasteiger partial charge in [0.1, 0.15) is 10.7 Å². The lowest BCUT2D eigenvalue weighted by Gasteiger charge is -2.08. The van der Waals surface area contributed by atoms with E-state index in [0.29, 0.717) is 0 Å². The summed E-state index contributed by atoms with van der Waals surface area (Å²) in [6, 6.07) is 3.63. The summed E-state index contributed by atoms with van der Waals surface area (Å²) >= 11 is 0. The van der Waals surface area contributed by atoms with Crippen LogP contribution in [0.25, 0.3) is 0 Å². The van der Waals surface area contributed by atoms with Crippen molar-refractivity contribution >= 4 is 15.7 Å². The van der Waals surface area contributed by atoms with Crippen LogP contribution in [-0.2, 0) is 14.8 Å². The summed E-state index contributed by atoms with van der Waals surface area (Å²) in [4.78, 5) is -0.261. The van der Waals surface area contributed by atoms with Crippen LogP contribution in [0, 0.1) is 5.82 Å². The molecule has 1 aromatic carbocycles. The number of rotatable bonds is 5. The number of nitrogen functional groups attached to an aromatic ring is 1. The van der Waals surface area contributed by atoms with Gasteiger partial charge in [-0.1, -0.05) is 6.07 Å². The molecule has 3 N–H and O–H groups in total. The maximum Gasteiger partial charge on any atom is 0.242 e. The van der Waals surface area contributed by atoms with Gasteiger partial charge < -0.3 is 10.5 Å². The Labute approximate surface area is 93.5 Å². The van der Waals surface area contributed by atoms with E-state index in [-0.39, 0.29) is 23.7 Å². The highest BCUT2D eigenvalue weighted by atomic mass is 32.2. The van der Waals surface area contributed by atoms with Gasteiger partial charge in [0.15, 0.2) is 0 Å². The molecule has 0 aromatic heterocycles. The Balaban J connectivity index is 2.94. The van der Waals surface area contributed by atoms with E-state index < -0.39 is 15.8 Å². The van der Waals surface area contributed by atoms with Crippen molar-refractivity contribution in [2.75, 3.05) is 26.0 Å². The van der Waals surface area contributed by atoms with Gasteiger partial charge in [-0.2, -0.15) is 0 Å². The first-order valence-corrected chi connectivity index (χ1v) is 6.00. The third-order valence-corrected chi connectivity index (χ3v) is 3.42. The molecule has 1 rings (SSSR count). The molecule has 0 heterocycles. The molecule has 0 aliphatic carbocycles. The lowest BCUT2D eigenvalue weighted by Crippen LogP contribution is -2.28. The molecule has 0 spiro atoms. The van der Waals surface area contributed by atoms with Gasteiger partial charge in [-0.3, -0.25) is 0 Å². The molecular formula is C9H13FN2O3S. The number of ether oxygens (including phenoxy) is 1. The van der Waals surface area contributed by atoms with Gasteiger partial charge in [0, 0.05) is 13.7 Å². The standard InChI is InChI=1S/C9H13FN2O3S/c1-15-6-5-12-16(13,14)8-4-2-3-7(10)9(8)11/h2-4,12H,5-6,11H2,1H3. The number of nitrogens with one attached hydrogen (secondary N) is 1. The molecule has 0 fully saturated rings. The number of benzene rings is 1. The van der Waals surface area contributed by atoms with E-state index in [4.69, 9.17) is 10.5 Å². The number of nitrogens with two attached hydrogens (primary N) is 1. The lowest BCUT2D eigenvalue weighted by atomic mass is 10.3. The fraction of sp³-hybridized carbons (Fsp3) is 0.333. The highest BCUT2D eigenvalue weighted by Gasteiger charge is 2.18. The normalized spacial score (nSPS) is 11.6. The maximum absolute atomic E-state index is 13.1. The maximum atomic E-state index is 13.1. The summed E-state index contributed by atoms with van der Waals surface area (Å²) in [6.07, 6.45) is 0. The number of halogens is 1. The molecule has 0 saturated heterocycles. The highest BCUT2D eigenvalue weighted by Crippen LogP contribution is 2.20. The van der Waals surface area contributed by atoms with Gasteiger partial charge in [-0.25, -0.2) is 17.5 Å². The molecule has 0 bridgehead atoms.